The van der Waals surface area contributed by atoms with E-state index in [4.69, 9.17) is 5.73 Å². The van der Waals surface area contributed by atoms with Crippen molar-refractivity contribution < 1.29 is 0 Å². The first kappa shape index (κ1) is 7.84. The molecule has 0 spiro atoms. The maximum absolute atomic E-state index is 5.70. The Kier molecular flexibility index (Phi) is 2.18. The summed E-state index contributed by atoms with van der Waals surface area (Å²) >= 11 is 2.17. The largest absolute Gasteiger partial charge is 0.383 e. The molecule has 10 heavy (non-hydrogen) atoms. The van der Waals surface area contributed by atoms with E-state index < -0.39 is 0 Å². The molecule has 3 nitrogen and oxygen atoms in total. The van der Waals surface area contributed by atoms with E-state index in [1.54, 1.807) is 6.20 Å². The van der Waals surface area contributed by atoms with Crippen molar-refractivity contribution in [1.29, 1.82) is 0 Å². The second kappa shape index (κ2) is 2.77. The van der Waals surface area contributed by atoms with Gasteiger partial charge in [-0.1, -0.05) is 0 Å². The Hall–Kier alpha value is -0.260. The van der Waals surface area contributed by atoms with Crippen LogP contribution in [0.4, 0.5) is 5.82 Å². The average molecular weight is 251 g/mol. The average Bonchev–Trinajstić information content (AvgIpc) is 2.14. The van der Waals surface area contributed by atoms with Crippen LogP contribution in [0, 0.1) is 3.57 Å². The molecule has 4 heteroatoms. The molecule has 0 unspecified atom stereocenters. The Labute approximate surface area is 73.7 Å². The minimum atomic E-state index is 0.350. The van der Waals surface area contributed by atoms with E-state index in [9.17, 15) is 0 Å². The SMILES string of the molecule is CC(C)n1ncc(I)c1N. The maximum atomic E-state index is 5.70. The molecule has 2 N–H and O–H groups in total. The van der Waals surface area contributed by atoms with Crippen LogP contribution in [0.15, 0.2) is 6.20 Å². The quantitative estimate of drug-likeness (QED) is 0.771. The summed E-state index contributed by atoms with van der Waals surface area (Å²) in [5, 5.41) is 4.10. The summed E-state index contributed by atoms with van der Waals surface area (Å²) in [7, 11) is 0. The highest BCUT2D eigenvalue weighted by atomic mass is 127. The second-order valence-electron chi connectivity index (χ2n) is 2.42. The lowest BCUT2D eigenvalue weighted by atomic mass is 10.4. The maximum Gasteiger partial charge on any atom is 0.135 e. The van der Waals surface area contributed by atoms with Crippen molar-refractivity contribution in [3.8, 4) is 0 Å². The zero-order valence-corrected chi connectivity index (χ0v) is 8.16. The number of rotatable bonds is 1. The van der Waals surface area contributed by atoms with Crippen molar-refractivity contribution in [3.05, 3.63) is 9.77 Å². The van der Waals surface area contributed by atoms with E-state index in [0.29, 0.717) is 6.04 Å². The van der Waals surface area contributed by atoms with Gasteiger partial charge < -0.3 is 5.73 Å². The number of nitrogen functional groups attached to an aromatic ring is 1. The Morgan fingerprint density at radius 3 is 2.50 bits per heavy atom. The minimum Gasteiger partial charge on any atom is -0.383 e. The zero-order chi connectivity index (χ0) is 7.72. The molecule has 1 heterocycles. The molecule has 0 aliphatic heterocycles. The number of hydrogen-bond acceptors (Lipinski definition) is 2. The zero-order valence-electron chi connectivity index (χ0n) is 6.00. The van der Waals surface area contributed by atoms with Gasteiger partial charge in [-0.3, -0.25) is 0 Å². The molecular formula is C6H10IN3. The van der Waals surface area contributed by atoms with Crippen molar-refractivity contribution in [3.63, 3.8) is 0 Å². The topological polar surface area (TPSA) is 43.8 Å². The highest BCUT2D eigenvalue weighted by Gasteiger charge is 2.05. The third-order valence-electron chi connectivity index (χ3n) is 1.28. The predicted molar refractivity (Wildman–Crippen MR) is 49.7 cm³/mol. The molecule has 0 saturated heterocycles. The summed E-state index contributed by atoms with van der Waals surface area (Å²) in [6.45, 7) is 4.11. The third kappa shape index (κ3) is 1.25. The molecule has 0 aliphatic rings. The van der Waals surface area contributed by atoms with Crippen LogP contribution in [0.1, 0.15) is 19.9 Å². The van der Waals surface area contributed by atoms with E-state index in [-0.39, 0.29) is 0 Å². The lowest BCUT2D eigenvalue weighted by molar-refractivity contribution is 0.540. The standard InChI is InChI=1S/C6H10IN3/c1-4(2)10-6(8)5(7)3-9-10/h3-4H,8H2,1-2H3. The van der Waals surface area contributed by atoms with Gasteiger partial charge in [-0.05, 0) is 36.4 Å². The van der Waals surface area contributed by atoms with Crippen LogP contribution in [0.3, 0.4) is 0 Å². The number of aromatic nitrogens is 2. The van der Waals surface area contributed by atoms with Crippen LogP contribution in [-0.4, -0.2) is 9.78 Å². The van der Waals surface area contributed by atoms with E-state index in [0.717, 1.165) is 9.39 Å². The normalized spacial score (nSPS) is 10.8. The fraction of sp³-hybridized carbons (Fsp3) is 0.500. The first-order valence-corrected chi connectivity index (χ1v) is 4.19. The van der Waals surface area contributed by atoms with Crippen molar-refractivity contribution in [1.82, 2.24) is 9.78 Å². The Morgan fingerprint density at radius 2 is 2.30 bits per heavy atom. The van der Waals surface area contributed by atoms with E-state index >= 15 is 0 Å². The lowest BCUT2D eigenvalue weighted by Crippen LogP contribution is -2.06. The summed E-state index contributed by atoms with van der Waals surface area (Å²) in [5.41, 5.74) is 5.70. The van der Waals surface area contributed by atoms with Crippen molar-refractivity contribution in [2.75, 3.05) is 5.73 Å². The molecule has 56 valence electrons. The van der Waals surface area contributed by atoms with E-state index in [1.165, 1.54) is 0 Å². The number of nitrogens with two attached hydrogens (primary N) is 1. The van der Waals surface area contributed by atoms with Gasteiger partial charge in [-0.2, -0.15) is 5.10 Å². The molecule has 1 rings (SSSR count). The van der Waals surface area contributed by atoms with Gasteiger partial charge in [0.2, 0.25) is 0 Å². The number of anilines is 1. The second-order valence-corrected chi connectivity index (χ2v) is 3.58. The van der Waals surface area contributed by atoms with E-state index in [2.05, 4.69) is 41.5 Å². The van der Waals surface area contributed by atoms with Crippen molar-refractivity contribution >= 4 is 28.4 Å². The first-order valence-electron chi connectivity index (χ1n) is 3.11. The van der Waals surface area contributed by atoms with Gasteiger partial charge in [0, 0.05) is 6.04 Å². The molecule has 0 atom stereocenters. The molecule has 0 aliphatic carbocycles. The molecule has 1 aromatic rings. The molecule has 0 fully saturated rings. The Morgan fingerprint density at radius 1 is 1.70 bits per heavy atom. The van der Waals surface area contributed by atoms with Crippen LogP contribution < -0.4 is 5.73 Å². The van der Waals surface area contributed by atoms with Gasteiger partial charge in [0.25, 0.3) is 0 Å². The monoisotopic (exact) mass is 251 g/mol. The van der Waals surface area contributed by atoms with Crippen LogP contribution in [0.2, 0.25) is 0 Å². The summed E-state index contributed by atoms with van der Waals surface area (Å²) < 4.78 is 2.83. The Balaban J connectivity index is 3.05. The van der Waals surface area contributed by atoms with Crippen LogP contribution in [0.5, 0.6) is 0 Å². The molecule has 0 saturated carbocycles. The van der Waals surface area contributed by atoms with Crippen LogP contribution in [-0.2, 0) is 0 Å². The summed E-state index contributed by atoms with van der Waals surface area (Å²) in [6, 6.07) is 0.350. The molecule has 0 aromatic carbocycles. The number of halogens is 1. The van der Waals surface area contributed by atoms with Crippen LogP contribution >= 0.6 is 22.6 Å². The van der Waals surface area contributed by atoms with Crippen LogP contribution in [0.25, 0.3) is 0 Å². The smallest absolute Gasteiger partial charge is 0.135 e. The van der Waals surface area contributed by atoms with E-state index in [1.807, 2.05) is 4.68 Å². The fourth-order valence-corrected chi connectivity index (χ4v) is 1.13. The summed E-state index contributed by atoms with van der Waals surface area (Å²) in [5.74, 6) is 0.760. The number of hydrogen-bond donors (Lipinski definition) is 1. The minimum absolute atomic E-state index is 0.350. The number of nitrogens with zero attached hydrogens (tertiary/aromatic N) is 2. The first-order chi connectivity index (χ1) is 4.63. The fourth-order valence-electron chi connectivity index (χ4n) is 0.762. The molecule has 0 amide bonds. The summed E-state index contributed by atoms with van der Waals surface area (Å²) in [4.78, 5) is 0. The van der Waals surface area contributed by atoms with Gasteiger partial charge in [-0.15, -0.1) is 0 Å². The Bertz CT molecular complexity index is 229. The van der Waals surface area contributed by atoms with Gasteiger partial charge in [0.15, 0.2) is 0 Å². The predicted octanol–water partition coefficient (Wildman–Crippen LogP) is 1.65. The molecular weight excluding hydrogens is 241 g/mol. The lowest BCUT2D eigenvalue weighted by Gasteiger charge is -2.06. The van der Waals surface area contributed by atoms with Gasteiger partial charge in [-0.25, -0.2) is 4.68 Å². The highest BCUT2D eigenvalue weighted by Crippen LogP contribution is 2.16. The molecule has 0 radical (unpaired) electrons. The third-order valence-corrected chi connectivity index (χ3v) is 2.11. The summed E-state index contributed by atoms with van der Waals surface area (Å²) in [6.07, 6.45) is 1.77. The molecule has 0 bridgehead atoms. The highest BCUT2D eigenvalue weighted by molar-refractivity contribution is 14.1. The van der Waals surface area contributed by atoms with Gasteiger partial charge >= 0.3 is 0 Å². The van der Waals surface area contributed by atoms with Gasteiger partial charge in [0.1, 0.15) is 5.82 Å². The van der Waals surface area contributed by atoms with Crippen molar-refractivity contribution in [2.45, 2.75) is 19.9 Å². The molecule has 1 aromatic heterocycles. The van der Waals surface area contributed by atoms with Crippen molar-refractivity contribution in [2.24, 2.45) is 0 Å². The van der Waals surface area contributed by atoms with Gasteiger partial charge in [0.05, 0.1) is 9.77 Å².